The second kappa shape index (κ2) is 7.57. The minimum absolute atomic E-state index is 0.177. The Morgan fingerprint density at radius 2 is 1.39 bits per heavy atom. The first kappa shape index (κ1) is 17.8. The van der Waals surface area contributed by atoms with Gasteiger partial charge < -0.3 is 11.1 Å². The summed E-state index contributed by atoms with van der Waals surface area (Å²) in [6.07, 6.45) is 0.865. The van der Waals surface area contributed by atoms with E-state index in [1.54, 1.807) is 0 Å². The average Bonchev–Trinajstić information content (AvgIpc) is 2.71. The van der Waals surface area contributed by atoms with Crippen LogP contribution >= 0.6 is 0 Å². The fourth-order valence-corrected chi connectivity index (χ4v) is 3.26. The Morgan fingerprint density at radius 3 is 1.96 bits per heavy atom. The number of hydrogen-bond donors (Lipinski definition) is 2. The first-order chi connectivity index (χ1) is 13.7. The van der Waals surface area contributed by atoms with E-state index in [1.165, 1.54) is 11.1 Å². The predicted molar refractivity (Wildman–Crippen MR) is 118 cm³/mol. The first-order valence-electron chi connectivity index (χ1n) is 9.43. The molecular formula is C25H22N2O. The van der Waals surface area contributed by atoms with Gasteiger partial charge in [-0.25, -0.2) is 0 Å². The maximum atomic E-state index is 12.6. The summed E-state index contributed by atoms with van der Waals surface area (Å²) in [4.78, 5) is 12.6. The molecule has 5 rings (SSSR count). The lowest BCUT2D eigenvalue weighted by atomic mass is 9.95. The third kappa shape index (κ3) is 3.47. The molecule has 0 saturated carbocycles. The smallest absolute Gasteiger partial charge is 0.257 e. The molecule has 2 aliphatic rings. The number of para-hydroxylation sites is 1. The average molecular weight is 366 g/mol. The third-order valence-corrected chi connectivity index (χ3v) is 5.03. The fraction of sp³-hybridized carbons (Fsp3) is 0.0800. The van der Waals surface area contributed by atoms with Crippen LogP contribution in [-0.2, 0) is 6.42 Å². The number of aryl methyl sites for hydroxylation is 1. The van der Waals surface area contributed by atoms with Gasteiger partial charge in [-0.15, -0.1) is 0 Å². The van der Waals surface area contributed by atoms with Crippen LogP contribution in [0.15, 0.2) is 84.9 Å². The van der Waals surface area contributed by atoms with E-state index in [0.717, 1.165) is 28.4 Å². The van der Waals surface area contributed by atoms with Gasteiger partial charge in [-0.2, -0.15) is 0 Å². The topological polar surface area (TPSA) is 55.1 Å². The van der Waals surface area contributed by atoms with Crippen molar-refractivity contribution in [2.45, 2.75) is 13.3 Å². The van der Waals surface area contributed by atoms with Gasteiger partial charge in [-0.05, 0) is 52.1 Å². The van der Waals surface area contributed by atoms with Crippen LogP contribution in [0, 0.1) is 0 Å². The fourth-order valence-electron chi connectivity index (χ4n) is 3.26. The minimum atomic E-state index is -0.177. The normalized spacial score (nSPS) is 10.8. The summed E-state index contributed by atoms with van der Waals surface area (Å²) >= 11 is 0. The van der Waals surface area contributed by atoms with Crippen LogP contribution in [0.3, 0.4) is 0 Å². The van der Waals surface area contributed by atoms with Crippen molar-refractivity contribution in [1.29, 1.82) is 0 Å². The highest BCUT2D eigenvalue weighted by Gasteiger charge is 2.12. The van der Waals surface area contributed by atoms with Gasteiger partial charge in [0.15, 0.2) is 0 Å². The van der Waals surface area contributed by atoms with Crippen molar-refractivity contribution in [3.63, 3.8) is 0 Å². The Hall–Kier alpha value is -3.59. The lowest BCUT2D eigenvalue weighted by molar-refractivity contribution is 0.102. The summed E-state index contributed by atoms with van der Waals surface area (Å²) in [5.74, 6) is -0.177. The Balaban J connectivity index is 0.000000268. The number of nitrogen functional groups attached to an aromatic ring is 1. The molecule has 3 N–H and O–H groups in total. The van der Waals surface area contributed by atoms with Crippen LogP contribution in [0.5, 0.6) is 0 Å². The summed E-state index contributed by atoms with van der Waals surface area (Å²) < 4.78 is 0. The zero-order valence-electron chi connectivity index (χ0n) is 15.8. The minimum Gasteiger partial charge on any atom is -0.398 e. The van der Waals surface area contributed by atoms with Crippen molar-refractivity contribution >= 4 is 28.1 Å². The molecule has 0 aromatic heterocycles. The molecule has 28 heavy (non-hydrogen) atoms. The number of anilines is 2. The number of carbonyl (C=O) groups excluding carboxylic acids is 1. The Morgan fingerprint density at radius 1 is 0.821 bits per heavy atom. The van der Waals surface area contributed by atoms with Crippen molar-refractivity contribution in [1.82, 2.24) is 0 Å². The van der Waals surface area contributed by atoms with Crippen molar-refractivity contribution in [3.05, 3.63) is 96.1 Å². The lowest BCUT2D eigenvalue weighted by Gasteiger charge is -2.12. The predicted octanol–water partition coefficient (Wildman–Crippen LogP) is 5.90. The maximum absolute atomic E-state index is 12.6. The van der Waals surface area contributed by atoms with E-state index < -0.39 is 0 Å². The summed E-state index contributed by atoms with van der Waals surface area (Å²) in [6, 6.07) is 27.8. The van der Waals surface area contributed by atoms with Gasteiger partial charge in [0, 0.05) is 11.4 Å². The van der Waals surface area contributed by atoms with E-state index >= 15 is 0 Å². The standard InChI is InChI=1S/C19H18N2O.C6H4/c1-2-13-7-5-6-10-18(13)21-19(22)16-11-14-8-3-4-9-15(14)12-17(16)20;1-2-6-4-3-5(1)6/h3-12H,2,20H2,1H3,(H,21,22);1-4H. The molecule has 0 radical (unpaired) electrons. The molecule has 0 aliphatic heterocycles. The summed E-state index contributed by atoms with van der Waals surface area (Å²) in [7, 11) is 0. The first-order valence-corrected chi connectivity index (χ1v) is 9.43. The van der Waals surface area contributed by atoms with E-state index in [0.29, 0.717) is 11.3 Å². The molecule has 138 valence electrons. The summed E-state index contributed by atoms with van der Waals surface area (Å²) in [6.45, 7) is 2.06. The molecule has 0 heterocycles. The lowest BCUT2D eigenvalue weighted by Crippen LogP contribution is -2.15. The number of carbonyl (C=O) groups is 1. The van der Waals surface area contributed by atoms with E-state index in [9.17, 15) is 4.79 Å². The Kier molecular flexibility index (Phi) is 4.81. The molecule has 3 heteroatoms. The van der Waals surface area contributed by atoms with Gasteiger partial charge in [-0.3, -0.25) is 4.79 Å². The monoisotopic (exact) mass is 366 g/mol. The molecule has 0 atom stereocenters. The zero-order valence-corrected chi connectivity index (χ0v) is 15.8. The zero-order chi connectivity index (χ0) is 19.5. The number of rotatable bonds is 3. The highest BCUT2D eigenvalue weighted by molar-refractivity contribution is 6.10. The van der Waals surface area contributed by atoms with Crippen molar-refractivity contribution in [2.24, 2.45) is 0 Å². The van der Waals surface area contributed by atoms with Gasteiger partial charge in [0.25, 0.3) is 5.91 Å². The molecule has 0 unspecified atom stereocenters. The van der Waals surface area contributed by atoms with E-state index in [2.05, 4.69) is 36.5 Å². The second-order valence-electron chi connectivity index (χ2n) is 6.83. The van der Waals surface area contributed by atoms with Crippen molar-refractivity contribution < 1.29 is 4.79 Å². The van der Waals surface area contributed by atoms with Gasteiger partial charge in [0.05, 0.1) is 5.56 Å². The molecule has 3 aromatic carbocycles. The Labute approximate surface area is 164 Å². The largest absolute Gasteiger partial charge is 0.398 e. The molecule has 0 spiro atoms. The molecule has 0 bridgehead atoms. The number of amides is 1. The van der Waals surface area contributed by atoms with Gasteiger partial charge in [-0.1, -0.05) is 73.7 Å². The number of nitrogens with one attached hydrogen (secondary N) is 1. The van der Waals surface area contributed by atoms with Gasteiger partial charge in [0.1, 0.15) is 0 Å². The van der Waals surface area contributed by atoms with Crippen LogP contribution in [0.4, 0.5) is 11.4 Å². The molecule has 3 aromatic rings. The van der Waals surface area contributed by atoms with Gasteiger partial charge >= 0.3 is 0 Å². The summed E-state index contributed by atoms with van der Waals surface area (Å²) in [5.41, 5.74) is 11.8. The van der Waals surface area contributed by atoms with Crippen LogP contribution in [0.2, 0.25) is 0 Å². The number of fused-ring (bicyclic) bond motifs is 2. The second-order valence-corrected chi connectivity index (χ2v) is 6.83. The van der Waals surface area contributed by atoms with Crippen molar-refractivity contribution in [2.75, 3.05) is 11.1 Å². The van der Waals surface area contributed by atoms with Crippen LogP contribution in [0.1, 0.15) is 22.8 Å². The van der Waals surface area contributed by atoms with Crippen LogP contribution < -0.4 is 11.1 Å². The van der Waals surface area contributed by atoms with E-state index in [-0.39, 0.29) is 5.91 Å². The van der Waals surface area contributed by atoms with E-state index in [1.807, 2.05) is 60.7 Å². The molecule has 1 amide bonds. The third-order valence-electron chi connectivity index (χ3n) is 5.03. The number of hydrogen-bond acceptors (Lipinski definition) is 2. The molecule has 0 fully saturated rings. The van der Waals surface area contributed by atoms with Gasteiger partial charge in [0.2, 0.25) is 0 Å². The quantitative estimate of drug-likeness (QED) is 0.390. The van der Waals surface area contributed by atoms with E-state index in [4.69, 9.17) is 5.73 Å². The summed E-state index contributed by atoms with van der Waals surface area (Å²) in [5, 5.41) is 5.00. The molecule has 0 saturated heterocycles. The molecular weight excluding hydrogens is 344 g/mol. The molecule has 2 aliphatic carbocycles. The number of benzene rings is 4. The van der Waals surface area contributed by atoms with Crippen LogP contribution in [-0.4, -0.2) is 5.91 Å². The van der Waals surface area contributed by atoms with Crippen LogP contribution in [0.25, 0.3) is 21.9 Å². The molecule has 3 nitrogen and oxygen atoms in total. The Bertz CT molecular complexity index is 1130. The maximum Gasteiger partial charge on any atom is 0.257 e. The highest BCUT2D eigenvalue weighted by Crippen LogP contribution is 2.29. The highest BCUT2D eigenvalue weighted by atomic mass is 16.1. The van der Waals surface area contributed by atoms with Crippen molar-refractivity contribution in [3.8, 4) is 11.1 Å². The SMILES string of the molecule is CCc1ccccc1NC(=O)c1cc2ccccc2cc1N.c1cc2ccc1-2. The number of nitrogens with two attached hydrogens (primary N) is 1.